The first kappa shape index (κ1) is 17.2. The Morgan fingerprint density at radius 2 is 1.88 bits per heavy atom. The van der Waals surface area contributed by atoms with Gasteiger partial charge in [-0.05, 0) is 45.2 Å². The third kappa shape index (κ3) is 3.51. The molecule has 0 unspecified atom stereocenters. The van der Waals surface area contributed by atoms with E-state index < -0.39 is 0 Å². The summed E-state index contributed by atoms with van der Waals surface area (Å²) in [5.74, 6) is 0. The first-order valence-electron chi connectivity index (χ1n) is 9.03. The van der Waals surface area contributed by atoms with E-state index in [1.165, 1.54) is 32.3 Å². The summed E-state index contributed by atoms with van der Waals surface area (Å²) in [5, 5.41) is 12.6. The molecule has 0 atom stereocenters. The number of aromatic nitrogens is 2. The highest BCUT2D eigenvalue weighted by atomic mass is 32.1. The third-order valence-corrected chi connectivity index (χ3v) is 5.78. The lowest BCUT2D eigenvalue weighted by Gasteiger charge is -2.10. The Balaban J connectivity index is 1.48. The maximum Gasteiger partial charge on any atom is 0.110 e. The van der Waals surface area contributed by atoms with Gasteiger partial charge in [0, 0.05) is 22.2 Å². The van der Waals surface area contributed by atoms with Crippen LogP contribution in [0.5, 0.6) is 0 Å². The second-order valence-electron chi connectivity index (χ2n) is 6.91. The fourth-order valence-corrected chi connectivity index (χ4v) is 4.38. The standard InChI is InChI=1S/C21H24N4S/c1-25(2)13-5-12-22-14-15-8-10-16(11-9-15)19-21-20(24-23-19)17-6-3-4-7-18(17)26-21/h3-4,6-11,22H,5,12-14H2,1-2H3,(H,23,24). The van der Waals surface area contributed by atoms with Gasteiger partial charge in [-0.2, -0.15) is 5.10 Å². The number of hydrogen-bond acceptors (Lipinski definition) is 4. The molecule has 0 aliphatic carbocycles. The zero-order valence-corrected chi connectivity index (χ0v) is 16.1. The average molecular weight is 365 g/mol. The molecule has 0 saturated carbocycles. The van der Waals surface area contributed by atoms with Gasteiger partial charge in [0.15, 0.2) is 0 Å². The van der Waals surface area contributed by atoms with E-state index in [4.69, 9.17) is 0 Å². The van der Waals surface area contributed by atoms with E-state index in [0.29, 0.717) is 0 Å². The molecule has 0 fully saturated rings. The van der Waals surface area contributed by atoms with Gasteiger partial charge < -0.3 is 10.2 Å². The number of benzene rings is 2. The summed E-state index contributed by atoms with van der Waals surface area (Å²) >= 11 is 1.81. The number of hydrogen-bond donors (Lipinski definition) is 2. The topological polar surface area (TPSA) is 44.0 Å². The van der Waals surface area contributed by atoms with Crippen LogP contribution < -0.4 is 5.32 Å². The van der Waals surface area contributed by atoms with Gasteiger partial charge in [-0.1, -0.05) is 42.5 Å². The van der Waals surface area contributed by atoms with Crippen molar-refractivity contribution < 1.29 is 0 Å². The van der Waals surface area contributed by atoms with E-state index in [1.54, 1.807) is 11.3 Å². The van der Waals surface area contributed by atoms with Gasteiger partial charge in [0.1, 0.15) is 5.69 Å². The molecule has 2 aromatic carbocycles. The van der Waals surface area contributed by atoms with Crippen LogP contribution in [-0.4, -0.2) is 42.3 Å². The largest absolute Gasteiger partial charge is 0.313 e. The molecule has 134 valence electrons. The van der Waals surface area contributed by atoms with Gasteiger partial charge >= 0.3 is 0 Å². The van der Waals surface area contributed by atoms with Crippen LogP contribution in [-0.2, 0) is 6.54 Å². The molecule has 5 heteroatoms. The van der Waals surface area contributed by atoms with E-state index in [0.717, 1.165) is 30.8 Å². The first-order chi connectivity index (χ1) is 12.7. The van der Waals surface area contributed by atoms with Crippen molar-refractivity contribution in [2.24, 2.45) is 0 Å². The van der Waals surface area contributed by atoms with Gasteiger partial charge in [0.2, 0.25) is 0 Å². The highest BCUT2D eigenvalue weighted by Crippen LogP contribution is 2.38. The van der Waals surface area contributed by atoms with Gasteiger partial charge in [0.05, 0.1) is 10.2 Å². The van der Waals surface area contributed by atoms with Crippen LogP contribution in [0.4, 0.5) is 0 Å². The Kier molecular flexibility index (Phi) is 5.02. The monoisotopic (exact) mass is 364 g/mol. The second kappa shape index (κ2) is 7.58. The average Bonchev–Trinajstić information content (AvgIpc) is 3.21. The van der Waals surface area contributed by atoms with Crippen LogP contribution in [0.2, 0.25) is 0 Å². The fraction of sp³-hybridized carbons (Fsp3) is 0.286. The Bertz CT molecular complexity index is 998. The molecule has 4 aromatic rings. The normalized spacial score (nSPS) is 11.8. The highest BCUT2D eigenvalue weighted by Gasteiger charge is 2.13. The Hall–Kier alpha value is -2.21. The minimum Gasteiger partial charge on any atom is -0.313 e. The number of H-pyrrole nitrogens is 1. The van der Waals surface area contributed by atoms with Gasteiger partial charge in [-0.3, -0.25) is 5.10 Å². The zero-order valence-electron chi connectivity index (χ0n) is 15.2. The molecule has 0 bridgehead atoms. The molecule has 0 radical (unpaired) electrons. The van der Waals surface area contributed by atoms with Crippen molar-refractivity contribution >= 4 is 31.6 Å². The maximum atomic E-state index is 4.57. The zero-order chi connectivity index (χ0) is 17.9. The molecule has 0 saturated heterocycles. The lowest BCUT2D eigenvalue weighted by Crippen LogP contribution is -2.20. The second-order valence-corrected chi connectivity index (χ2v) is 7.96. The van der Waals surface area contributed by atoms with Crippen molar-refractivity contribution in [1.29, 1.82) is 0 Å². The molecule has 0 aliphatic rings. The minimum absolute atomic E-state index is 0.909. The number of thiophene rings is 1. The van der Waals surface area contributed by atoms with E-state index in [2.05, 4.69) is 83.0 Å². The van der Waals surface area contributed by atoms with Crippen molar-refractivity contribution in [3.8, 4) is 11.3 Å². The summed E-state index contributed by atoms with van der Waals surface area (Å²) in [6.45, 7) is 3.07. The maximum absolute atomic E-state index is 4.57. The molecule has 4 nitrogen and oxygen atoms in total. The SMILES string of the molecule is CN(C)CCCNCc1ccc(-c2n[nH]c3c2sc2ccccc23)cc1. The fourth-order valence-electron chi connectivity index (χ4n) is 3.21. The molecular weight excluding hydrogens is 340 g/mol. The lowest BCUT2D eigenvalue weighted by atomic mass is 10.1. The number of nitrogens with one attached hydrogen (secondary N) is 2. The number of fused-ring (bicyclic) bond motifs is 3. The number of nitrogens with zero attached hydrogens (tertiary/aromatic N) is 2. The molecule has 0 spiro atoms. The first-order valence-corrected chi connectivity index (χ1v) is 9.84. The van der Waals surface area contributed by atoms with E-state index in [-0.39, 0.29) is 0 Å². The predicted molar refractivity (Wildman–Crippen MR) is 112 cm³/mol. The van der Waals surface area contributed by atoms with Crippen LogP contribution in [0, 0.1) is 0 Å². The van der Waals surface area contributed by atoms with Crippen LogP contribution in [0.15, 0.2) is 48.5 Å². The summed E-state index contributed by atoms with van der Waals surface area (Å²) in [4.78, 5) is 2.22. The van der Waals surface area contributed by atoms with E-state index in [1.807, 2.05) is 0 Å². The van der Waals surface area contributed by atoms with Gasteiger partial charge in [-0.25, -0.2) is 0 Å². The van der Waals surface area contributed by atoms with Gasteiger partial charge in [0.25, 0.3) is 0 Å². The van der Waals surface area contributed by atoms with Crippen molar-refractivity contribution in [2.45, 2.75) is 13.0 Å². The summed E-state index contributed by atoms with van der Waals surface area (Å²) in [6, 6.07) is 17.2. The molecule has 26 heavy (non-hydrogen) atoms. The summed E-state index contributed by atoms with van der Waals surface area (Å²) < 4.78 is 2.54. The predicted octanol–water partition coefficient (Wildman–Crippen LogP) is 4.49. The Labute approximate surface area is 157 Å². The molecule has 2 aromatic heterocycles. The Morgan fingerprint density at radius 1 is 1.08 bits per heavy atom. The third-order valence-electron chi connectivity index (χ3n) is 4.61. The van der Waals surface area contributed by atoms with Crippen LogP contribution in [0.1, 0.15) is 12.0 Å². The van der Waals surface area contributed by atoms with Crippen molar-refractivity contribution in [2.75, 3.05) is 27.2 Å². The molecule has 0 amide bonds. The lowest BCUT2D eigenvalue weighted by molar-refractivity contribution is 0.394. The smallest absolute Gasteiger partial charge is 0.110 e. The van der Waals surface area contributed by atoms with Crippen LogP contribution in [0.25, 0.3) is 31.6 Å². The highest BCUT2D eigenvalue weighted by molar-refractivity contribution is 7.26. The Morgan fingerprint density at radius 3 is 2.69 bits per heavy atom. The van der Waals surface area contributed by atoms with E-state index >= 15 is 0 Å². The number of rotatable bonds is 7. The van der Waals surface area contributed by atoms with Crippen molar-refractivity contribution in [1.82, 2.24) is 20.4 Å². The van der Waals surface area contributed by atoms with Gasteiger partial charge in [-0.15, -0.1) is 11.3 Å². The van der Waals surface area contributed by atoms with E-state index in [9.17, 15) is 0 Å². The van der Waals surface area contributed by atoms with Crippen LogP contribution >= 0.6 is 11.3 Å². The molecular formula is C21H24N4S. The molecule has 2 N–H and O–H groups in total. The number of aromatic amines is 1. The summed E-state index contributed by atoms with van der Waals surface area (Å²) in [6.07, 6.45) is 1.17. The quantitative estimate of drug-likeness (QED) is 0.475. The van der Waals surface area contributed by atoms with Crippen molar-refractivity contribution in [3.05, 3.63) is 54.1 Å². The van der Waals surface area contributed by atoms with Crippen LogP contribution in [0.3, 0.4) is 0 Å². The minimum atomic E-state index is 0.909. The summed E-state index contributed by atoms with van der Waals surface area (Å²) in [5.41, 5.74) is 4.67. The molecule has 4 rings (SSSR count). The summed E-state index contributed by atoms with van der Waals surface area (Å²) in [7, 11) is 4.22. The molecule has 0 aliphatic heterocycles. The molecule has 2 heterocycles. The van der Waals surface area contributed by atoms with Crippen molar-refractivity contribution in [3.63, 3.8) is 0 Å².